The van der Waals surface area contributed by atoms with Gasteiger partial charge in [0, 0.05) is 26.1 Å². The lowest BCUT2D eigenvalue weighted by molar-refractivity contribution is -0.121. The summed E-state index contributed by atoms with van der Waals surface area (Å²) < 4.78 is 31.7. The zero-order valence-electron chi connectivity index (χ0n) is 18.1. The van der Waals surface area contributed by atoms with Crippen LogP contribution in [0.1, 0.15) is 12.8 Å². The van der Waals surface area contributed by atoms with E-state index in [1.165, 1.54) is 0 Å². The Labute approximate surface area is 175 Å². The molecule has 0 aliphatic rings. The van der Waals surface area contributed by atoms with E-state index >= 15 is 0 Å². The number of hydrogen-bond acceptors (Lipinski definition) is 8. The zero-order valence-corrected chi connectivity index (χ0v) is 18.1. The molecule has 172 valence electrons. The molecule has 29 heavy (non-hydrogen) atoms. The molecule has 1 amide bonds. The van der Waals surface area contributed by atoms with Crippen LogP contribution in [0.2, 0.25) is 0 Å². The van der Waals surface area contributed by atoms with Gasteiger partial charge in [0.15, 0.2) is 0 Å². The average molecular weight is 421 g/mol. The quantitative estimate of drug-likeness (QED) is 0.181. The van der Waals surface area contributed by atoms with Crippen LogP contribution >= 0.6 is 0 Å². The lowest BCUT2D eigenvalue weighted by Gasteiger charge is -2.11. The van der Waals surface area contributed by atoms with Gasteiger partial charge in [-0.1, -0.05) is 6.08 Å². The number of carbonyl (C=O) groups is 1. The van der Waals surface area contributed by atoms with Crippen molar-refractivity contribution in [1.82, 2.24) is 10.6 Å². The van der Waals surface area contributed by atoms with Crippen LogP contribution in [-0.2, 0) is 33.2 Å². The molecule has 0 aliphatic carbocycles. The third-order valence-corrected chi connectivity index (χ3v) is 3.83. The summed E-state index contributed by atoms with van der Waals surface area (Å²) in [6, 6.07) is 0.163. The van der Waals surface area contributed by atoms with E-state index in [0.29, 0.717) is 85.6 Å². The van der Waals surface area contributed by atoms with E-state index in [-0.39, 0.29) is 11.9 Å². The van der Waals surface area contributed by atoms with Gasteiger partial charge in [0.1, 0.15) is 0 Å². The third-order valence-electron chi connectivity index (χ3n) is 3.83. The Morgan fingerprint density at radius 3 is 1.69 bits per heavy atom. The Morgan fingerprint density at radius 1 is 0.828 bits per heavy atom. The van der Waals surface area contributed by atoms with E-state index in [1.54, 1.807) is 13.2 Å². The van der Waals surface area contributed by atoms with Crippen LogP contribution in [0.3, 0.4) is 0 Å². The van der Waals surface area contributed by atoms with Crippen LogP contribution in [0.4, 0.5) is 0 Å². The van der Waals surface area contributed by atoms with Gasteiger partial charge in [-0.25, -0.2) is 0 Å². The van der Waals surface area contributed by atoms with E-state index in [2.05, 4.69) is 17.2 Å². The number of rotatable bonds is 23. The average Bonchev–Trinajstić information content (AvgIpc) is 2.73. The minimum Gasteiger partial charge on any atom is -0.382 e. The Morgan fingerprint density at radius 2 is 1.28 bits per heavy atom. The molecule has 0 saturated heterocycles. The molecule has 0 radical (unpaired) electrons. The van der Waals surface area contributed by atoms with Crippen LogP contribution in [0, 0.1) is 0 Å². The normalized spacial score (nSPS) is 12.1. The fourth-order valence-electron chi connectivity index (χ4n) is 2.14. The summed E-state index contributed by atoms with van der Waals surface area (Å²) in [4.78, 5) is 11.7. The molecule has 0 bridgehead atoms. The molecule has 0 aromatic heterocycles. The molecule has 0 aromatic carbocycles. The van der Waals surface area contributed by atoms with Gasteiger partial charge in [0.05, 0.1) is 72.7 Å². The van der Waals surface area contributed by atoms with Crippen molar-refractivity contribution < 1.29 is 33.2 Å². The van der Waals surface area contributed by atoms with Gasteiger partial charge in [0.25, 0.3) is 0 Å². The van der Waals surface area contributed by atoms with E-state index in [9.17, 15) is 4.79 Å². The van der Waals surface area contributed by atoms with Crippen molar-refractivity contribution in [1.29, 1.82) is 0 Å². The summed E-state index contributed by atoms with van der Waals surface area (Å²) in [6.07, 6.45) is 3.00. The molecule has 0 aromatic rings. The molecule has 1 atom stereocenters. The molecule has 0 heterocycles. The van der Waals surface area contributed by atoms with E-state index in [1.807, 2.05) is 7.05 Å². The molecule has 0 saturated carbocycles. The van der Waals surface area contributed by atoms with Crippen molar-refractivity contribution in [3.63, 3.8) is 0 Å². The van der Waals surface area contributed by atoms with E-state index < -0.39 is 0 Å². The van der Waals surface area contributed by atoms with Crippen LogP contribution in [0.5, 0.6) is 0 Å². The van der Waals surface area contributed by atoms with Gasteiger partial charge in [0.2, 0.25) is 5.91 Å². The zero-order chi connectivity index (χ0) is 21.4. The second kappa shape index (κ2) is 23.2. The summed E-state index contributed by atoms with van der Waals surface area (Å²) in [6.45, 7) is 10.0. The van der Waals surface area contributed by atoms with Crippen LogP contribution < -0.4 is 10.6 Å². The van der Waals surface area contributed by atoms with Crippen LogP contribution in [0.25, 0.3) is 0 Å². The van der Waals surface area contributed by atoms with Gasteiger partial charge in [-0.05, 0) is 13.5 Å². The van der Waals surface area contributed by atoms with E-state index in [0.717, 1.165) is 6.42 Å². The largest absolute Gasteiger partial charge is 0.382 e. The number of amides is 1. The first-order chi connectivity index (χ1) is 14.2. The maximum atomic E-state index is 11.7. The lowest BCUT2D eigenvalue weighted by atomic mass is 10.1. The summed E-state index contributed by atoms with van der Waals surface area (Å²) >= 11 is 0. The van der Waals surface area contributed by atoms with Crippen molar-refractivity contribution in [2.75, 3.05) is 93.4 Å². The number of methoxy groups -OCH3 is 1. The Hall–Kier alpha value is -1.07. The highest BCUT2D eigenvalue weighted by atomic mass is 16.6. The Kier molecular flexibility index (Phi) is 22.4. The second-order valence-electron chi connectivity index (χ2n) is 6.07. The van der Waals surface area contributed by atoms with Gasteiger partial charge in [-0.15, -0.1) is 6.58 Å². The highest BCUT2D eigenvalue weighted by molar-refractivity contribution is 5.75. The van der Waals surface area contributed by atoms with Crippen molar-refractivity contribution in [3.8, 4) is 0 Å². The first-order valence-electron chi connectivity index (χ1n) is 10.2. The monoisotopic (exact) mass is 420 g/mol. The van der Waals surface area contributed by atoms with Crippen molar-refractivity contribution in [2.24, 2.45) is 0 Å². The molecule has 0 aliphatic heterocycles. The maximum Gasteiger partial charge on any atom is 0.220 e. The number of hydrogen-bond donors (Lipinski definition) is 2. The van der Waals surface area contributed by atoms with Crippen LogP contribution in [-0.4, -0.2) is 105 Å². The smallest absolute Gasteiger partial charge is 0.220 e. The van der Waals surface area contributed by atoms with Gasteiger partial charge < -0.3 is 39.1 Å². The molecular formula is C20H40N2O7. The standard InChI is InChI=1S/C20H40N2O7/c1-4-19(21-2)5-6-20(23)22-7-8-25-11-12-27-15-16-29-18-17-28-14-13-26-10-9-24-3/h4,19,21H,1,5-18H2,2-3H3,(H,22,23). The summed E-state index contributed by atoms with van der Waals surface area (Å²) in [7, 11) is 3.49. The highest BCUT2D eigenvalue weighted by Gasteiger charge is 2.05. The highest BCUT2D eigenvalue weighted by Crippen LogP contribution is 1.97. The number of carbonyl (C=O) groups excluding carboxylic acids is 1. The summed E-state index contributed by atoms with van der Waals surface area (Å²) in [5, 5.41) is 5.90. The molecule has 0 fully saturated rings. The van der Waals surface area contributed by atoms with Crippen molar-refractivity contribution in [2.45, 2.75) is 18.9 Å². The first-order valence-corrected chi connectivity index (χ1v) is 10.2. The second-order valence-corrected chi connectivity index (χ2v) is 6.07. The molecule has 0 spiro atoms. The molecule has 2 N–H and O–H groups in total. The number of ether oxygens (including phenoxy) is 6. The SMILES string of the molecule is C=CC(CCC(=O)NCCOCCOCCOCCOCCOCCOC)NC. The van der Waals surface area contributed by atoms with Crippen molar-refractivity contribution in [3.05, 3.63) is 12.7 Å². The van der Waals surface area contributed by atoms with Gasteiger partial charge in [-0.3, -0.25) is 4.79 Å². The molecule has 9 nitrogen and oxygen atoms in total. The molecular weight excluding hydrogens is 380 g/mol. The maximum absolute atomic E-state index is 11.7. The van der Waals surface area contributed by atoms with Gasteiger partial charge >= 0.3 is 0 Å². The van der Waals surface area contributed by atoms with Crippen molar-refractivity contribution >= 4 is 5.91 Å². The predicted octanol–water partition coefficient (Wildman–Crippen LogP) is 0.386. The first kappa shape index (κ1) is 27.9. The number of nitrogens with one attached hydrogen (secondary N) is 2. The van der Waals surface area contributed by atoms with Crippen LogP contribution in [0.15, 0.2) is 12.7 Å². The topological polar surface area (TPSA) is 96.5 Å². The third kappa shape index (κ3) is 21.5. The fourth-order valence-corrected chi connectivity index (χ4v) is 2.14. The number of likely N-dealkylation sites (N-methyl/N-ethyl adjacent to an activating group) is 1. The molecule has 0 rings (SSSR count). The summed E-state index contributed by atoms with van der Waals surface area (Å²) in [5.41, 5.74) is 0. The summed E-state index contributed by atoms with van der Waals surface area (Å²) in [5.74, 6) is 0.0201. The molecule has 1 unspecified atom stereocenters. The lowest BCUT2D eigenvalue weighted by Crippen LogP contribution is -2.30. The minimum absolute atomic E-state index is 0.0201. The minimum atomic E-state index is 0.0201. The Bertz CT molecular complexity index is 373. The molecule has 9 heteroatoms. The predicted molar refractivity (Wildman–Crippen MR) is 111 cm³/mol. The van der Waals surface area contributed by atoms with E-state index in [4.69, 9.17) is 28.4 Å². The Balaban J connectivity index is 3.16. The fraction of sp³-hybridized carbons (Fsp3) is 0.850. The van der Waals surface area contributed by atoms with Gasteiger partial charge in [-0.2, -0.15) is 0 Å².